The molecule has 0 aliphatic heterocycles. The van der Waals surface area contributed by atoms with Crippen LogP contribution in [0.15, 0.2) is 66.7 Å². The zero-order chi connectivity index (χ0) is 20.1. The molecule has 1 amide bonds. The molecule has 0 fully saturated rings. The third kappa shape index (κ3) is 5.09. The summed E-state index contributed by atoms with van der Waals surface area (Å²) in [6.45, 7) is -0.183. The van der Waals surface area contributed by atoms with Gasteiger partial charge in [0.25, 0.3) is 5.91 Å². The Bertz CT molecular complexity index is 1010. The van der Waals surface area contributed by atoms with Crippen molar-refractivity contribution in [1.82, 2.24) is 0 Å². The highest BCUT2D eigenvalue weighted by Gasteiger charge is 2.11. The SMILES string of the molecule is O=C(COc1ccc(NC(=O)c2ccc(Cl)cc2Cl)cc1)c1ccc(F)cc1. The van der Waals surface area contributed by atoms with Gasteiger partial charge in [-0.15, -0.1) is 0 Å². The number of hydrogen-bond acceptors (Lipinski definition) is 3. The highest BCUT2D eigenvalue weighted by atomic mass is 35.5. The van der Waals surface area contributed by atoms with Crippen molar-refractivity contribution < 1.29 is 18.7 Å². The minimum atomic E-state index is -0.407. The molecule has 3 aromatic rings. The maximum Gasteiger partial charge on any atom is 0.257 e. The van der Waals surface area contributed by atoms with Gasteiger partial charge in [-0.2, -0.15) is 0 Å². The molecule has 0 radical (unpaired) electrons. The van der Waals surface area contributed by atoms with Gasteiger partial charge in [0.15, 0.2) is 12.4 Å². The fourth-order valence-electron chi connectivity index (χ4n) is 2.37. The fourth-order valence-corrected chi connectivity index (χ4v) is 2.87. The number of Topliss-reactive ketones (excluding diaryl/α,β-unsaturated/α-hetero) is 1. The van der Waals surface area contributed by atoms with Gasteiger partial charge in [-0.25, -0.2) is 4.39 Å². The van der Waals surface area contributed by atoms with Gasteiger partial charge < -0.3 is 10.1 Å². The molecule has 0 atom stereocenters. The van der Waals surface area contributed by atoms with Crippen molar-refractivity contribution in [1.29, 1.82) is 0 Å². The van der Waals surface area contributed by atoms with Crippen LogP contribution in [0.25, 0.3) is 0 Å². The van der Waals surface area contributed by atoms with Crippen molar-refractivity contribution >= 4 is 40.6 Å². The van der Waals surface area contributed by atoms with Crippen LogP contribution in [0.1, 0.15) is 20.7 Å². The minimum absolute atomic E-state index is 0.183. The van der Waals surface area contributed by atoms with E-state index in [1.807, 2.05) is 0 Å². The van der Waals surface area contributed by atoms with Crippen molar-refractivity contribution in [3.63, 3.8) is 0 Å². The van der Waals surface area contributed by atoms with Gasteiger partial charge in [0, 0.05) is 16.3 Å². The van der Waals surface area contributed by atoms with Crippen LogP contribution in [0, 0.1) is 5.82 Å². The molecule has 142 valence electrons. The number of carbonyl (C=O) groups excluding carboxylic acids is 2. The molecule has 0 aliphatic rings. The Morgan fingerprint density at radius 2 is 1.61 bits per heavy atom. The Labute approximate surface area is 170 Å². The van der Waals surface area contributed by atoms with E-state index in [2.05, 4.69) is 5.32 Å². The van der Waals surface area contributed by atoms with Crippen LogP contribution in [0.5, 0.6) is 5.75 Å². The molecule has 0 aliphatic carbocycles. The lowest BCUT2D eigenvalue weighted by molar-refractivity contribution is 0.0921. The van der Waals surface area contributed by atoms with E-state index in [1.54, 1.807) is 36.4 Å². The number of amides is 1. The molecule has 28 heavy (non-hydrogen) atoms. The van der Waals surface area contributed by atoms with Gasteiger partial charge in [-0.3, -0.25) is 9.59 Å². The molecule has 0 bridgehead atoms. The molecule has 0 aromatic heterocycles. The van der Waals surface area contributed by atoms with Crippen LogP contribution in [-0.4, -0.2) is 18.3 Å². The molecule has 0 heterocycles. The lowest BCUT2D eigenvalue weighted by atomic mass is 10.1. The maximum absolute atomic E-state index is 12.9. The zero-order valence-electron chi connectivity index (χ0n) is 14.4. The quantitative estimate of drug-likeness (QED) is 0.527. The van der Waals surface area contributed by atoms with Crippen LogP contribution < -0.4 is 10.1 Å². The summed E-state index contributed by atoms with van der Waals surface area (Å²) in [6.07, 6.45) is 0. The number of ketones is 1. The molecule has 4 nitrogen and oxygen atoms in total. The smallest absolute Gasteiger partial charge is 0.257 e. The van der Waals surface area contributed by atoms with Gasteiger partial charge in [0.05, 0.1) is 10.6 Å². The van der Waals surface area contributed by atoms with E-state index in [0.29, 0.717) is 27.6 Å². The number of carbonyl (C=O) groups is 2. The van der Waals surface area contributed by atoms with Gasteiger partial charge in [-0.05, 0) is 66.7 Å². The minimum Gasteiger partial charge on any atom is -0.485 e. The molecule has 0 saturated carbocycles. The summed E-state index contributed by atoms with van der Waals surface area (Å²) in [6, 6.07) is 16.4. The maximum atomic E-state index is 12.9. The predicted octanol–water partition coefficient (Wildman–Crippen LogP) is 5.65. The normalized spacial score (nSPS) is 10.4. The number of anilines is 1. The summed E-state index contributed by atoms with van der Waals surface area (Å²) in [5, 5.41) is 3.41. The summed E-state index contributed by atoms with van der Waals surface area (Å²) in [7, 11) is 0. The zero-order valence-corrected chi connectivity index (χ0v) is 15.9. The number of benzene rings is 3. The summed E-state index contributed by atoms with van der Waals surface area (Å²) >= 11 is 11.9. The number of halogens is 3. The van der Waals surface area contributed by atoms with Gasteiger partial charge in [-0.1, -0.05) is 23.2 Å². The first kappa shape index (κ1) is 19.9. The molecule has 0 saturated heterocycles. The summed E-state index contributed by atoms with van der Waals surface area (Å²) in [4.78, 5) is 24.3. The lowest BCUT2D eigenvalue weighted by Crippen LogP contribution is -2.13. The van der Waals surface area contributed by atoms with Crippen LogP contribution in [0.2, 0.25) is 10.0 Å². The summed E-state index contributed by atoms with van der Waals surface area (Å²) in [5.74, 6) is -0.593. The van der Waals surface area contributed by atoms with Crippen molar-refractivity contribution in [3.8, 4) is 5.75 Å². The Kier molecular flexibility index (Phi) is 6.29. The molecule has 0 unspecified atom stereocenters. The van der Waals surface area contributed by atoms with Gasteiger partial charge in [0.1, 0.15) is 11.6 Å². The average Bonchev–Trinajstić information content (AvgIpc) is 2.67. The number of nitrogens with one attached hydrogen (secondary N) is 1. The Morgan fingerprint density at radius 3 is 2.25 bits per heavy atom. The third-order valence-electron chi connectivity index (χ3n) is 3.82. The van der Waals surface area contributed by atoms with Crippen LogP contribution >= 0.6 is 23.2 Å². The molecular formula is C21H14Cl2FNO3. The van der Waals surface area contributed by atoms with Crippen molar-refractivity contribution in [2.75, 3.05) is 11.9 Å². The van der Waals surface area contributed by atoms with Crippen molar-refractivity contribution in [2.45, 2.75) is 0 Å². The standard InChI is InChI=1S/C21H14Cl2FNO3/c22-14-3-10-18(19(23)11-14)21(27)25-16-6-8-17(9-7-16)28-12-20(26)13-1-4-15(24)5-2-13/h1-11H,12H2,(H,25,27). The molecule has 3 rings (SSSR count). The summed E-state index contributed by atoms with van der Waals surface area (Å²) < 4.78 is 18.3. The van der Waals surface area contributed by atoms with E-state index in [4.69, 9.17) is 27.9 Å². The highest BCUT2D eigenvalue weighted by Crippen LogP contribution is 2.23. The first-order valence-electron chi connectivity index (χ1n) is 8.20. The average molecular weight is 418 g/mol. The van der Waals surface area contributed by atoms with Crippen molar-refractivity contribution in [2.24, 2.45) is 0 Å². The molecule has 3 aromatic carbocycles. The van der Waals surface area contributed by atoms with Crippen LogP contribution in [0.4, 0.5) is 10.1 Å². The first-order valence-corrected chi connectivity index (χ1v) is 8.96. The highest BCUT2D eigenvalue weighted by molar-refractivity contribution is 6.37. The Morgan fingerprint density at radius 1 is 0.929 bits per heavy atom. The van der Waals surface area contributed by atoms with E-state index in [1.165, 1.54) is 30.3 Å². The first-order chi connectivity index (χ1) is 13.4. The van der Waals surface area contributed by atoms with Gasteiger partial charge >= 0.3 is 0 Å². The molecular weight excluding hydrogens is 404 g/mol. The van der Waals surface area contributed by atoms with E-state index >= 15 is 0 Å². The van der Waals surface area contributed by atoms with Crippen LogP contribution in [0.3, 0.4) is 0 Å². The second-order valence-electron chi connectivity index (χ2n) is 5.82. The summed E-state index contributed by atoms with van der Waals surface area (Å²) in [5.41, 5.74) is 1.20. The third-order valence-corrected chi connectivity index (χ3v) is 4.37. The monoisotopic (exact) mass is 417 g/mol. The largest absolute Gasteiger partial charge is 0.485 e. The molecule has 1 N–H and O–H groups in total. The van der Waals surface area contributed by atoms with Crippen molar-refractivity contribution in [3.05, 3.63) is 93.7 Å². The fraction of sp³-hybridized carbons (Fsp3) is 0.0476. The van der Waals surface area contributed by atoms with E-state index in [9.17, 15) is 14.0 Å². The van der Waals surface area contributed by atoms with E-state index < -0.39 is 5.82 Å². The van der Waals surface area contributed by atoms with E-state index in [0.717, 1.165) is 0 Å². The Balaban J connectivity index is 1.58. The topological polar surface area (TPSA) is 55.4 Å². The second-order valence-corrected chi connectivity index (χ2v) is 6.67. The molecule has 0 spiro atoms. The number of rotatable bonds is 6. The molecule has 7 heteroatoms. The van der Waals surface area contributed by atoms with Crippen LogP contribution in [-0.2, 0) is 0 Å². The Hall–Kier alpha value is -2.89. The number of ether oxygens (including phenoxy) is 1. The van der Waals surface area contributed by atoms with Gasteiger partial charge in [0.2, 0.25) is 0 Å². The number of hydrogen-bond donors (Lipinski definition) is 1. The van der Waals surface area contributed by atoms with E-state index in [-0.39, 0.29) is 23.3 Å². The second kappa shape index (κ2) is 8.87. The lowest BCUT2D eigenvalue weighted by Gasteiger charge is -2.09. The predicted molar refractivity (Wildman–Crippen MR) is 107 cm³/mol.